The average Bonchev–Trinajstić information content (AvgIpc) is 2.84. The van der Waals surface area contributed by atoms with E-state index in [1.807, 2.05) is 35.9 Å². The first-order valence-corrected chi connectivity index (χ1v) is 7.58. The normalized spacial score (nSPS) is 10.9. The molecule has 1 heterocycles. The number of nitrogens with one attached hydrogen (secondary N) is 1. The van der Waals surface area contributed by atoms with Gasteiger partial charge in [-0.25, -0.2) is 0 Å². The summed E-state index contributed by atoms with van der Waals surface area (Å²) in [5.74, 6) is 0. The summed E-state index contributed by atoms with van der Waals surface area (Å²) in [5, 5.41) is 3.00. The van der Waals surface area contributed by atoms with Crippen LogP contribution in [-0.4, -0.2) is 9.78 Å². The Kier molecular flexibility index (Phi) is 3.72. The molecule has 1 aromatic heterocycles. The lowest BCUT2D eigenvalue weighted by Crippen LogP contribution is -2.07. The number of nitrogens with zero attached hydrogens (tertiary/aromatic N) is 1. The molecule has 0 unspecified atom stereocenters. The second kappa shape index (κ2) is 5.68. The van der Waals surface area contributed by atoms with Crippen molar-refractivity contribution in [3.05, 3.63) is 75.6 Å². The van der Waals surface area contributed by atoms with Crippen LogP contribution in [0, 0.1) is 13.8 Å². The third-order valence-corrected chi connectivity index (χ3v) is 4.00. The molecule has 3 nitrogen and oxygen atoms in total. The van der Waals surface area contributed by atoms with Crippen molar-refractivity contribution in [2.75, 3.05) is 0 Å². The largest absolute Gasteiger partial charge is 0.268 e. The molecule has 0 aliphatic heterocycles. The molecule has 2 aromatic carbocycles. The molecule has 1 N–H and O–H groups in total. The van der Waals surface area contributed by atoms with E-state index in [2.05, 4.69) is 43.2 Å². The predicted octanol–water partition coefficient (Wildman–Crippen LogP) is 4.01. The molecule has 0 atom stereocenters. The van der Waals surface area contributed by atoms with Crippen LogP contribution in [0.5, 0.6) is 0 Å². The van der Waals surface area contributed by atoms with Crippen molar-refractivity contribution in [2.24, 2.45) is 0 Å². The third-order valence-electron chi connectivity index (χ3n) is 4.00. The van der Waals surface area contributed by atoms with Crippen LogP contribution >= 0.6 is 0 Å². The summed E-state index contributed by atoms with van der Waals surface area (Å²) in [5.41, 5.74) is 6.17. The second-order valence-corrected chi connectivity index (χ2v) is 5.61. The topological polar surface area (TPSA) is 37.8 Å². The fraction of sp³-hybridized carbons (Fsp3) is 0.211. The summed E-state index contributed by atoms with van der Waals surface area (Å²) >= 11 is 0. The highest BCUT2D eigenvalue weighted by Crippen LogP contribution is 2.27. The van der Waals surface area contributed by atoms with Gasteiger partial charge in [0.25, 0.3) is 5.56 Å². The molecule has 112 valence electrons. The van der Waals surface area contributed by atoms with Crippen LogP contribution in [0.1, 0.15) is 23.6 Å². The second-order valence-electron chi connectivity index (χ2n) is 5.61. The molecule has 3 aromatic rings. The average molecular weight is 292 g/mol. The Balaban J connectivity index is 2.33. The monoisotopic (exact) mass is 292 g/mol. The molecule has 0 saturated carbocycles. The SMILES string of the molecule is CCc1c(-c2cccc(C)c2)n(-c2ccccc2C)[nH]c1=O. The van der Waals surface area contributed by atoms with Crippen LogP contribution < -0.4 is 5.56 Å². The lowest BCUT2D eigenvalue weighted by molar-refractivity contribution is 0.864. The van der Waals surface area contributed by atoms with Gasteiger partial charge < -0.3 is 0 Å². The fourth-order valence-corrected chi connectivity index (χ4v) is 2.89. The molecule has 3 heteroatoms. The zero-order chi connectivity index (χ0) is 15.7. The number of para-hydroxylation sites is 1. The number of aromatic amines is 1. The summed E-state index contributed by atoms with van der Waals surface area (Å²) < 4.78 is 1.92. The molecule has 22 heavy (non-hydrogen) atoms. The van der Waals surface area contributed by atoms with Gasteiger partial charge in [0.2, 0.25) is 0 Å². The van der Waals surface area contributed by atoms with Crippen molar-refractivity contribution in [1.29, 1.82) is 0 Å². The minimum atomic E-state index is -0.0118. The summed E-state index contributed by atoms with van der Waals surface area (Å²) in [7, 11) is 0. The maximum Gasteiger partial charge on any atom is 0.268 e. The number of benzene rings is 2. The molecule has 0 radical (unpaired) electrons. The number of H-pyrrole nitrogens is 1. The molecule has 0 bridgehead atoms. The van der Waals surface area contributed by atoms with Crippen LogP contribution in [-0.2, 0) is 6.42 Å². The highest BCUT2D eigenvalue weighted by molar-refractivity contribution is 5.67. The van der Waals surface area contributed by atoms with Gasteiger partial charge in [0.1, 0.15) is 0 Å². The molecule has 3 rings (SSSR count). The van der Waals surface area contributed by atoms with Crippen molar-refractivity contribution in [2.45, 2.75) is 27.2 Å². The summed E-state index contributed by atoms with van der Waals surface area (Å²) in [6, 6.07) is 16.4. The van der Waals surface area contributed by atoms with Gasteiger partial charge in [0.05, 0.1) is 11.4 Å². The molecule has 0 spiro atoms. The summed E-state index contributed by atoms with van der Waals surface area (Å²) in [6.45, 7) is 6.14. The molecule has 0 fully saturated rings. The van der Waals surface area contributed by atoms with Gasteiger partial charge in [-0.2, -0.15) is 0 Å². The van der Waals surface area contributed by atoms with Gasteiger partial charge in [-0.05, 0) is 38.0 Å². The first-order valence-electron chi connectivity index (χ1n) is 7.58. The number of hydrogen-bond acceptors (Lipinski definition) is 1. The minimum absolute atomic E-state index is 0.0118. The van der Waals surface area contributed by atoms with Crippen LogP contribution in [0.3, 0.4) is 0 Å². The highest BCUT2D eigenvalue weighted by atomic mass is 16.1. The maximum atomic E-state index is 12.4. The quantitative estimate of drug-likeness (QED) is 0.778. The van der Waals surface area contributed by atoms with Crippen LogP contribution in [0.15, 0.2) is 53.3 Å². The number of rotatable bonds is 3. The first-order chi connectivity index (χ1) is 10.6. The summed E-state index contributed by atoms with van der Waals surface area (Å²) in [4.78, 5) is 12.4. The van der Waals surface area contributed by atoms with Gasteiger partial charge in [0.15, 0.2) is 0 Å². The molecular weight excluding hydrogens is 272 g/mol. The Morgan fingerprint density at radius 1 is 1.05 bits per heavy atom. The van der Waals surface area contributed by atoms with Gasteiger partial charge in [-0.15, -0.1) is 0 Å². The molecule has 0 amide bonds. The van der Waals surface area contributed by atoms with E-state index in [9.17, 15) is 4.79 Å². The van der Waals surface area contributed by atoms with E-state index in [0.717, 1.165) is 28.1 Å². The lowest BCUT2D eigenvalue weighted by atomic mass is 10.0. The Morgan fingerprint density at radius 2 is 1.82 bits per heavy atom. The van der Waals surface area contributed by atoms with E-state index in [-0.39, 0.29) is 5.56 Å². The molecular formula is C19H20N2O. The minimum Gasteiger partial charge on any atom is -0.268 e. The third kappa shape index (κ3) is 2.39. The number of hydrogen-bond donors (Lipinski definition) is 1. The Labute approximate surface area is 130 Å². The van der Waals surface area contributed by atoms with E-state index in [1.54, 1.807) is 0 Å². The van der Waals surface area contributed by atoms with Crippen molar-refractivity contribution >= 4 is 0 Å². The number of aromatic nitrogens is 2. The van der Waals surface area contributed by atoms with Crippen molar-refractivity contribution in [3.63, 3.8) is 0 Å². The highest BCUT2D eigenvalue weighted by Gasteiger charge is 2.17. The molecule has 0 saturated heterocycles. The van der Waals surface area contributed by atoms with Gasteiger partial charge in [-0.3, -0.25) is 14.6 Å². The van der Waals surface area contributed by atoms with Crippen LogP contribution in [0.2, 0.25) is 0 Å². The van der Waals surface area contributed by atoms with E-state index in [4.69, 9.17) is 0 Å². The van der Waals surface area contributed by atoms with Crippen molar-refractivity contribution in [1.82, 2.24) is 9.78 Å². The van der Waals surface area contributed by atoms with E-state index < -0.39 is 0 Å². The van der Waals surface area contributed by atoms with Gasteiger partial charge in [0, 0.05) is 11.1 Å². The zero-order valence-electron chi connectivity index (χ0n) is 13.2. The molecule has 0 aliphatic carbocycles. The standard InChI is InChI=1S/C19H20N2O/c1-4-16-18(15-10-7-8-13(2)12-15)21(20-19(16)22)17-11-6-5-9-14(17)3/h5-12H,4H2,1-3H3,(H,20,22). The van der Waals surface area contributed by atoms with Crippen molar-refractivity contribution in [3.8, 4) is 16.9 Å². The first kappa shape index (κ1) is 14.4. The molecule has 0 aliphatic rings. The van der Waals surface area contributed by atoms with Crippen molar-refractivity contribution < 1.29 is 0 Å². The fourth-order valence-electron chi connectivity index (χ4n) is 2.89. The van der Waals surface area contributed by atoms with E-state index >= 15 is 0 Å². The lowest BCUT2D eigenvalue weighted by Gasteiger charge is -2.13. The Bertz CT molecular complexity index is 871. The van der Waals surface area contributed by atoms with Gasteiger partial charge in [-0.1, -0.05) is 48.9 Å². The van der Waals surface area contributed by atoms with Gasteiger partial charge >= 0.3 is 0 Å². The number of aryl methyl sites for hydroxylation is 2. The maximum absolute atomic E-state index is 12.4. The smallest absolute Gasteiger partial charge is 0.268 e. The van der Waals surface area contributed by atoms with E-state index in [0.29, 0.717) is 6.42 Å². The van der Waals surface area contributed by atoms with Crippen LogP contribution in [0.4, 0.5) is 0 Å². The van der Waals surface area contributed by atoms with Crippen LogP contribution in [0.25, 0.3) is 16.9 Å². The van der Waals surface area contributed by atoms with E-state index in [1.165, 1.54) is 5.56 Å². The predicted molar refractivity (Wildman–Crippen MR) is 90.7 cm³/mol. The zero-order valence-corrected chi connectivity index (χ0v) is 13.2. The Hall–Kier alpha value is -2.55. The Morgan fingerprint density at radius 3 is 2.50 bits per heavy atom. The summed E-state index contributed by atoms with van der Waals surface area (Å²) in [6.07, 6.45) is 0.706.